The second kappa shape index (κ2) is 9.68. The van der Waals surface area contributed by atoms with Crippen LogP contribution in [0.15, 0.2) is 24.3 Å². The molecule has 0 aliphatic rings. The summed E-state index contributed by atoms with van der Waals surface area (Å²) in [6.45, 7) is 0. The normalized spacial score (nSPS) is 11.9. The number of benzene rings is 1. The van der Waals surface area contributed by atoms with E-state index in [1.54, 1.807) is 23.9 Å². The van der Waals surface area contributed by atoms with Gasteiger partial charge in [0.1, 0.15) is 11.9 Å². The van der Waals surface area contributed by atoms with Crippen LogP contribution in [0.5, 0.6) is 0 Å². The Morgan fingerprint density at radius 2 is 2.00 bits per heavy atom. The second-order valence-electron chi connectivity index (χ2n) is 4.36. The van der Waals surface area contributed by atoms with Gasteiger partial charge in [-0.1, -0.05) is 12.1 Å². The van der Waals surface area contributed by atoms with Gasteiger partial charge in [-0.2, -0.15) is 11.8 Å². The molecule has 1 aromatic rings. The number of halogens is 1. The molecule has 0 saturated heterocycles. The zero-order valence-electron chi connectivity index (χ0n) is 11.7. The molecule has 0 fully saturated rings. The van der Waals surface area contributed by atoms with Gasteiger partial charge in [0.25, 0.3) is 0 Å². The van der Waals surface area contributed by atoms with E-state index >= 15 is 0 Å². The van der Waals surface area contributed by atoms with Gasteiger partial charge in [-0.15, -0.1) is 11.8 Å². The molecular formula is C14H18FNO3S2. The average molecular weight is 331 g/mol. The molecule has 21 heavy (non-hydrogen) atoms. The smallest absolute Gasteiger partial charge is 0.326 e. The number of aliphatic carboxylic acids is 1. The van der Waals surface area contributed by atoms with E-state index in [0.29, 0.717) is 17.9 Å². The van der Waals surface area contributed by atoms with E-state index in [-0.39, 0.29) is 17.5 Å². The molecule has 116 valence electrons. The molecule has 0 radical (unpaired) electrons. The van der Waals surface area contributed by atoms with Crippen LogP contribution in [0.1, 0.15) is 12.0 Å². The minimum Gasteiger partial charge on any atom is -0.480 e. The third-order valence-corrected chi connectivity index (χ3v) is 4.31. The summed E-state index contributed by atoms with van der Waals surface area (Å²) in [5.74, 6) is -0.160. The fraction of sp³-hybridized carbons (Fsp3) is 0.429. The number of carbonyl (C=O) groups excluding carboxylic acids is 1. The fourth-order valence-electron chi connectivity index (χ4n) is 1.57. The van der Waals surface area contributed by atoms with Crippen molar-refractivity contribution in [1.82, 2.24) is 5.32 Å². The molecule has 1 amide bonds. The number of carbonyl (C=O) groups is 2. The number of hydrogen-bond acceptors (Lipinski definition) is 4. The van der Waals surface area contributed by atoms with Crippen LogP contribution in [0.25, 0.3) is 0 Å². The molecule has 4 nitrogen and oxygen atoms in total. The van der Waals surface area contributed by atoms with Crippen molar-refractivity contribution < 1.29 is 19.1 Å². The zero-order valence-corrected chi connectivity index (χ0v) is 13.3. The third kappa shape index (κ3) is 7.38. The second-order valence-corrected chi connectivity index (χ2v) is 6.33. The van der Waals surface area contributed by atoms with Crippen LogP contribution in [0.2, 0.25) is 0 Å². The van der Waals surface area contributed by atoms with Gasteiger partial charge in [0, 0.05) is 5.75 Å². The summed E-state index contributed by atoms with van der Waals surface area (Å²) in [7, 11) is 0. The first-order valence-electron chi connectivity index (χ1n) is 6.36. The van der Waals surface area contributed by atoms with E-state index in [1.165, 1.54) is 23.9 Å². The van der Waals surface area contributed by atoms with E-state index in [2.05, 4.69) is 5.32 Å². The van der Waals surface area contributed by atoms with Gasteiger partial charge in [0.15, 0.2) is 0 Å². The van der Waals surface area contributed by atoms with E-state index in [9.17, 15) is 14.0 Å². The number of carboxylic acid groups (broad SMARTS) is 1. The highest BCUT2D eigenvalue weighted by Gasteiger charge is 2.18. The van der Waals surface area contributed by atoms with E-state index in [1.807, 2.05) is 6.26 Å². The highest BCUT2D eigenvalue weighted by atomic mass is 32.2. The summed E-state index contributed by atoms with van der Waals surface area (Å²) in [6.07, 6.45) is 2.30. The molecule has 0 unspecified atom stereocenters. The Bertz CT molecular complexity index is 468. The Balaban J connectivity index is 2.32. The quantitative estimate of drug-likeness (QED) is 0.727. The van der Waals surface area contributed by atoms with Gasteiger partial charge in [0.2, 0.25) is 5.91 Å². The largest absolute Gasteiger partial charge is 0.480 e. The van der Waals surface area contributed by atoms with Crippen molar-refractivity contribution in [1.29, 1.82) is 0 Å². The predicted octanol–water partition coefficient (Wildman–Crippen LogP) is 2.38. The fourth-order valence-corrected chi connectivity index (χ4v) is 2.84. The Labute approximate surface area is 131 Å². The van der Waals surface area contributed by atoms with Crippen LogP contribution < -0.4 is 5.32 Å². The average Bonchev–Trinajstić information content (AvgIpc) is 2.45. The number of rotatable bonds is 9. The molecule has 0 heterocycles. The highest BCUT2D eigenvalue weighted by Crippen LogP contribution is 2.12. The summed E-state index contributed by atoms with van der Waals surface area (Å²) in [5, 5.41) is 11.5. The predicted molar refractivity (Wildman–Crippen MR) is 85.1 cm³/mol. The van der Waals surface area contributed by atoms with Crippen LogP contribution in [-0.4, -0.2) is 40.8 Å². The van der Waals surface area contributed by atoms with Crippen LogP contribution in [0.4, 0.5) is 4.39 Å². The molecule has 0 aliphatic heterocycles. The van der Waals surface area contributed by atoms with Crippen LogP contribution in [0.3, 0.4) is 0 Å². The number of thioether (sulfide) groups is 2. The van der Waals surface area contributed by atoms with Crippen molar-refractivity contribution >= 4 is 35.4 Å². The van der Waals surface area contributed by atoms with Crippen LogP contribution >= 0.6 is 23.5 Å². The molecule has 0 aromatic heterocycles. The standard InChI is InChI=1S/C14H18FNO3S2/c1-20-7-6-12(14(18)19)16-13(17)9-21-8-10-2-4-11(15)5-3-10/h2-5,12H,6-9H2,1H3,(H,16,17)(H,18,19)/t12-/m1/s1. The Morgan fingerprint density at radius 1 is 1.33 bits per heavy atom. The lowest BCUT2D eigenvalue weighted by molar-refractivity contribution is -0.141. The Morgan fingerprint density at radius 3 is 2.57 bits per heavy atom. The molecule has 0 aliphatic carbocycles. The summed E-state index contributed by atoms with van der Waals surface area (Å²) >= 11 is 2.91. The first-order chi connectivity index (χ1) is 10.0. The summed E-state index contributed by atoms with van der Waals surface area (Å²) in [5.41, 5.74) is 0.923. The molecule has 1 atom stereocenters. The number of hydrogen-bond donors (Lipinski definition) is 2. The van der Waals surface area contributed by atoms with Crippen molar-refractivity contribution in [2.45, 2.75) is 18.2 Å². The van der Waals surface area contributed by atoms with Crippen molar-refractivity contribution in [3.63, 3.8) is 0 Å². The lowest BCUT2D eigenvalue weighted by Gasteiger charge is -2.13. The lowest BCUT2D eigenvalue weighted by Crippen LogP contribution is -2.42. The molecule has 2 N–H and O–H groups in total. The highest BCUT2D eigenvalue weighted by molar-refractivity contribution is 7.99. The molecule has 0 bridgehead atoms. The maximum absolute atomic E-state index is 12.7. The van der Waals surface area contributed by atoms with Gasteiger partial charge in [-0.05, 0) is 36.1 Å². The lowest BCUT2D eigenvalue weighted by atomic mass is 10.2. The van der Waals surface area contributed by atoms with E-state index in [4.69, 9.17) is 5.11 Å². The molecule has 1 rings (SSSR count). The minimum absolute atomic E-state index is 0.181. The molecule has 1 aromatic carbocycles. The molecule has 7 heteroatoms. The Hall–Kier alpha value is -1.21. The van der Waals surface area contributed by atoms with Gasteiger partial charge in [0.05, 0.1) is 5.75 Å². The first-order valence-corrected chi connectivity index (χ1v) is 8.91. The van der Waals surface area contributed by atoms with Gasteiger partial charge in [-0.25, -0.2) is 9.18 Å². The van der Waals surface area contributed by atoms with Gasteiger partial charge < -0.3 is 10.4 Å². The van der Waals surface area contributed by atoms with Crippen molar-refractivity contribution in [3.8, 4) is 0 Å². The monoisotopic (exact) mass is 331 g/mol. The van der Waals surface area contributed by atoms with Gasteiger partial charge >= 0.3 is 5.97 Å². The molecule has 0 saturated carbocycles. The van der Waals surface area contributed by atoms with Crippen LogP contribution in [0, 0.1) is 5.82 Å². The SMILES string of the molecule is CSCC[C@@H](NC(=O)CSCc1ccc(F)cc1)C(=O)O. The van der Waals surface area contributed by atoms with Crippen molar-refractivity contribution in [2.24, 2.45) is 0 Å². The van der Waals surface area contributed by atoms with Crippen molar-refractivity contribution in [2.75, 3.05) is 17.8 Å². The zero-order chi connectivity index (χ0) is 15.7. The number of amides is 1. The maximum Gasteiger partial charge on any atom is 0.326 e. The number of carboxylic acids is 1. The Kier molecular flexibility index (Phi) is 8.22. The summed E-state index contributed by atoms with van der Waals surface area (Å²) in [6, 6.07) is 5.24. The molecular weight excluding hydrogens is 313 g/mol. The summed E-state index contributed by atoms with van der Waals surface area (Å²) < 4.78 is 12.7. The van der Waals surface area contributed by atoms with Gasteiger partial charge in [-0.3, -0.25) is 4.79 Å². The summed E-state index contributed by atoms with van der Waals surface area (Å²) in [4.78, 5) is 22.7. The van der Waals surface area contributed by atoms with E-state index in [0.717, 1.165) is 5.56 Å². The first kappa shape index (κ1) is 17.8. The van der Waals surface area contributed by atoms with Crippen molar-refractivity contribution in [3.05, 3.63) is 35.6 Å². The number of nitrogens with one attached hydrogen (secondary N) is 1. The van der Waals surface area contributed by atoms with E-state index < -0.39 is 12.0 Å². The van der Waals surface area contributed by atoms with Crippen LogP contribution in [-0.2, 0) is 15.3 Å². The molecule has 0 spiro atoms. The maximum atomic E-state index is 12.7. The topological polar surface area (TPSA) is 66.4 Å². The minimum atomic E-state index is -1.01. The third-order valence-electron chi connectivity index (χ3n) is 2.66.